The van der Waals surface area contributed by atoms with Crippen molar-refractivity contribution in [1.29, 1.82) is 0 Å². The van der Waals surface area contributed by atoms with Gasteiger partial charge in [-0.3, -0.25) is 9.89 Å². The zero-order valence-electron chi connectivity index (χ0n) is 13.8. The van der Waals surface area contributed by atoms with Gasteiger partial charge in [0.1, 0.15) is 11.5 Å². The average molecular weight is 316 g/mol. The number of H-pyrrole nitrogens is 1. The van der Waals surface area contributed by atoms with E-state index in [1.54, 1.807) is 6.07 Å². The number of carbonyl (C=O) groups is 1. The molecule has 0 aromatic carbocycles. The number of carbonyl (C=O) groups excluding carboxylic acids is 1. The highest BCUT2D eigenvalue weighted by Crippen LogP contribution is 2.20. The average Bonchev–Trinajstić information content (AvgIpc) is 3.18. The van der Waals surface area contributed by atoms with E-state index in [1.807, 2.05) is 19.1 Å². The first-order valence-electron chi connectivity index (χ1n) is 8.24. The third-order valence-electron chi connectivity index (χ3n) is 4.41. The van der Waals surface area contributed by atoms with Crippen LogP contribution in [0.2, 0.25) is 0 Å². The summed E-state index contributed by atoms with van der Waals surface area (Å²) in [6.45, 7) is 7.98. The molecule has 0 spiro atoms. The summed E-state index contributed by atoms with van der Waals surface area (Å²) in [5.74, 6) is 2.20. The summed E-state index contributed by atoms with van der Waals surface area (Å²) in [5, 5.41) is 9.85. The molecule has 2 aromatic heterocycles. The number of aromatic nitrogens is 2. The van der Waals surface area contributed by atoms with Gasteiger partial charge in [0.25, 0.3) is 5.91 Å². The topological polar surface area (TPSA) is 74.2 Å². The molecule has 0 radical (unpaired) electrons. The highest BCUT2D eigenvalue weighted by Gasteiger charge is 2.16. The monoisotopic (exact) mass is 316 g/mol. The van der Waals surface area contributed by atoms with Crippen molar-refractivity contribution < 1.29 is 9.21 Å². The van der Waals surface area contributed by atoms with E-state index < -0.39 is 0 Å². The fourth-order valence-corrected chi connectivity index (χ4v) is 2.85. The minimum absolute atomic E-state index is 0.152. The standard InChI is InChI=1S/C17H24N4O2/c1-12-5-8-21(9-6-12)10-7-18-17(22)15-11-14(19-20-15)16-4-3-13(2)23-16/h3-4,11-12H,5-10H2,1-2H3,(H,18,22)(H,19,20). The number of nitrogens with zero attached hydrogens (tertiary/aromatic N) is 2. The summed E-state index contributed by atoms with van der Waals surface area (Å²) in [4.78, 5) is 14.6. The molecule has 1 aliphatic rings. The summed E-state index contributed by atoms with van der Waals surface area (Å²) in [7, 11) is 0. The van der Waals surface area contributed by atoms with Gasteiger partial charge < -0.3 is 14.6 Å². The van der Waals surface area contributed by atoms with Gasteiger partial charge in [-0.2, -0.15) is 5.10 Å². The van der Waals surface area contributed by atoms with Crippen LogP contribution < -0.4 is 5.32 Å². The second-order valence-electron chi connectivity index (χ2n) is 6.36. The Morgan fingerprint density at radius 2 is 2.22 bits per heavy atom. The lowest BCUT2D eigenvalue weighted by atomic mass is 9.99. The van der Waals surface area contributed by atoms with Crippen molar-refractivity contribution >= 4 is 5.91 Å². The predicted octanol–water partition coefficient (Wildman–Crippen LogP) is 2.44. The van der Waals surface area contributed by atoms with E-state index in [4.69, 9.17) is 4.42 Å². The van der Waals surface area contributed by atoms with Gasteiger partial charge in [0, 0.05) is 19.2 Å². The third-order valence-corrected chi connectivity index (χ3v) is 4.41. The van der Waals surface area contributed by atoms with Gasteiger partial charge in [-0.15, -0.1) is 0 Å². The summed E-state index contributed by atoms with van der Waals surface area (Å²) in [6.07, 6.45) is 2.50. The highest BCUT2D eigenvalue weighted by atomic mass is 16.3. The molecule has 23 heavy (non-hydrogen) atoms. The molecule has 1 saturated heterocycles. The molecular weight excluding hydrogens is 292 g/mol. The van der Waals surface area contributed by atoms with Gasteiger partial charge in [-0.1, -0.05) is 6.92 Å². The van der Waals surface area contributed by atoms with Crippen molar-refractivity contribution in [2.24, 2.45) is 5.92 Å². The molecule has 2 aromatic rings. The molecule has 0 saturated carbocycles. The van der Waals surface area contributed by atoms with E-state index in [-0.39, 0.29) is 5.91 Å². The first-order valence-corrected chi connectivity index (χ1v) is 8.24. The molecule has 1 aliphatic heterocycles. The van der Waals surface area contributed by atoms with Gasteiger partial charge in [0.05, 0.1) is 0 Å². The third kappa shape index (κ3) is 4.01. The Kier molecular flexibility index (Phi) is 4.81. The number of likely N-dealkylation sites (tertiary alicyclic amines) is 1. The molecule has 2 N–H and O–H groups in total. The Morgan fingerprint density at radius 1 is 1.43 bits per heavy atom. The lowest BCUT2D eigenvalue weighted by molar-refractivity contribution is 0.0939. The minimum atomic E-state index is -0.152. The Bertz CT molecular complexity index is 653. The molecule has 124 valence electrons. The number of hydrogen-bond donors (Lipinski definition) is 2. The minimum Gasteiger partial charge on any atom is -0.460 e. The molecular formula is C17H24N4O2. The van der Waals surface area contributed by atoms with Gasteiger partial charge in [0.15, 0.2) is 11.5 Å². The van der Waals surface area contributed by atoms with Crippen molar-refractivity contribution in [3.05, 3.63) is 29.7 Å². The van der Waals surface area contributed by atoms with E-state index in [9.17, 15) is 4.79 Å². The van der Waals surface area contributed by atoms with Crippen LogP contribution in [0.3, 0.4) is 0 Å². The number of aryl methyl sites for hydroxylation is 1. The fraction of sp³-hybridized carbons (Fsp3) is 0.529. The smallest absolute Gasteiger partial charge is 0.271 e. The summed E-state index contributed by atoms with van der Waals surface area (Å²) >= 11 is 0. The number of piperidine rings is 1. The Hall–Kier alpha value is -2.08. The quantitative estimate of drug-likeness (QED) is 0.888. The molecule has 1 fully saturated rings. The van der Waals surface area contributed by atoms with Crippen LogP contribution in [0.15, 0.2) is 22.6 Å². The maximum absolute atomic E-state index is 12.1. The molecule has 0 bridgehead atoms. The lowest BCUT2D eigenvalue weighted by Gasteiger charge is -2.30. The normalized spacial score (nSPS) is 16.6. The molecule has 0 atom stereocenters. The van der Waals surface area contributed by atoms with E-state index in [0.29, 0.717) is 23.7 Å². The Morgan fingerprint density at radius 3 is 2.91 bits per heavy atom. The molecule has 6 nitrogen and oxygen atoms in total. The van der Waals surface area contributed by atoms with Crippen LogP contribution in [0.1, 0.15) is 36.0 Å². The second kappa shape index (κ2) is 7.00. The van der Waals surface area contributed by atoms with Gasteiger partial charge in [0.2, 0.25) is 0 Å². The van der Waals surface area contributed by atoms with E-state index in [1.165, 1.54) is 12.8 Å². The fourth-order valence-electron chi connectivity index (χ4n) is 2.85. The van der Waals surface area contributed by atoms with Crippen LogP contribution in [0.4, 0.5) is 0 Å². The van der Waals surface area contributed by atoms with Crippen LogP contribution in [0.5, 0.6) is 0 Å². The zero-order chi connectivity index (χ0) is 16.2. The van der Waals surface area contributed by atoms with Gasteiger partial charge in [-0.25, -0.2) is 0 Å². The largest absolute Gasteiger partial charge is 0.460 e. The van der Waals surface area contributed by atoms with Crippen LogP contribution >= 0.6 is 0 Å². The van der Waals surface area contributed by atoms with E-state index in [2.05, 4.69) is 27.3 Å². The summed E-state index contributed by atoms with van der Waals surface area (Å²) in [6, 6.07) is 5.47. The van der Waals surface area contributed by atoms with Crippen molar-refractivity contribution in [3.63, 3.8) is 0 Å². The van der Waals surface area contributed by atoms with Crippen molar-refractivity contribution in [2.45, 2.75) is 26.7 Å². The van der Waals surface area contributed by atoms with E-state index in [0.717, 1.165) is 31.3 Å². The van der Waals surface area contributed by atoms with E-state index >= 15 is 0 Å². The molecule has 1 amide bonds. The number of furan rings is 1. The lowest BCUT2D eigenvalue weighted by Crippen LogP contribution is -2.39. The number of nitrogens with one attached hydrogen (secondary N) is 2. The first-order chi connectivity index (χ1) is 11.1. The van der Waals surface area contributed by atoms with Crippen LogP contribution in [0.25, 0.3) is 11.5 Å². The van der Waals surface area contributed by atoms with Crippen molar-refractivity contribution in [3.8, 4) is 11.5 Å². The molecule has 0 unspecified atom stereocenters. The molecule has 3 rings (SSSR count). The maximum atomic E-state index is 12.1. The molecule has 3 heterocycles. The molecule has 0 aliphatic carbocycles. The van der Waals surface area contributed by atoms with Crippen molar-refractivity contribution in [1.82, 2.24) is 20.4 Å². The number of rotatable bonds is 5. The zero-order valence-corrected chi connectivity index (χ0v) is 13.8. The Labute approximate surface area is 136 Å². The predicted molar refractivity (Wildman–Crippen MR) is 88.2 cm³/mol. The summed E-state index contributed by atoms with van der Waals surface area (Å²) < 4.78 is 5.52. The summed E-state index contributed by atoms with van der Waals surface area (Å²) in [5.41, 5.74) is 1.11. The van der Waals surface area contributed by atoms with Crippen LogP contribution in [0, 0.1) is 12.8 Å². The SMILES string of the molecule is Cc1ccc(-c2cc(C(=O)NCCN3CCC(C)CC3)n[nH]2)o1. The van der Waals surface area contributed by atoms with Gasteiger partial charge >= 0.3 is 0 Å². The highest BCUT2D eigenvalue weighted by molar-refractivity contribution is 5.93. The van der Waals surface area contributed by atoms with Crippen molar-refractivity contribution in [2.75, 3.05) is 26.2 Å². The number of hydrogen-bond acceptors (Lipinski definition) is 4. The molecule has 6 heteroatoms. The number of aromatic amines is 1. The first kappa shape index (κ1) is 15.8. The second-order valence-corrected chi connectivity index (χ2v) is 6.36. The van der Waals surface area contributed by atoms with Gasteiger partial charge in [-0.05, 0) is 50.9 Å². The van der Waals surface area contributed by atoms with Crippen LogP contribution in [-0.4, -0.2) is 47.2 Å². The Balaban J connectivity index is 1.48. The van der Waals surface area contributed by atoms with Crippen LogP contribution in [-0.2, 0) is 0 Å². The number of amides is 1. The maximum Gasteiger partial charge on any atom is 0.271 e.